The smallest absolute Gasteiger partial charge is 0.254 e. The Morgan fingerprint density at radius 3 is 2.54 bits per heavy atom. The van der Waals surface area contributed by atoms with Gasteiger partial charge in [0, 0.05) is 10.2 Å². The quantitative estimate of drug-likeness (QED) is 0.550. The first-order valence-electron chi connectivity index (χ1n) is 8.45. The number of benzene rings is 2. The van der Waals surface area contributed by atoms with E-state index in [1.54, 1.807) is 29.5 Å². The third-order valence-corrected chi connectivity index (χ3v) is 9.50. The van der Waals surface area contributed by atoms with E-state index in [9.17, 15) is 4.57 Å². The van der Waals surface area contributed by atoms with Crippen LogP contribution in [0.5, 0.6) is 0 Å². The Hall–Kier alpha value is -1.32. The molecule has 0 bridgehead atoms. The third-order valence-electron chi connectivity index (χ3n) is 4.45. The minimum absolute atomic E-state index is 0.367. The van der Waals surface area contributed by atoms with Gasteiger partial charge in [0.1, 0.15) is 0 Å². The van der Waals surface area contributed by atoms with E-state index in [1.165, 1.54) is 4.88 Å². The Labute approximate surface area is 166 Å². The molecule has 3 nitrogen and oxygen atoms in total. The maximum atomic E-state index is 14.2. The zero-order valence-electron chi connectivity index (χ0n) is 13.9. The monoisotopic (exact) mass is 422 g/mol. The molecule has 1 unspecified atom stereocenters. The first-order chi connectivity index (χ1) is 12.6. The van der Waals surface area contributed by atoms with Gasteiger partial charge < -0.3 is 5.09 Å². The summed E-state index contributed by atoms with van der Waals surface area (Å²) in [6, 6.07) is 14.7. The molecule has 26 heavy (non-hydrogen) atoms. The molecule has 1 aliphatic rings. The number of rotatable bonds is 4. The molecule has 134 valence electrons. The first kappa shape index (κ1) is 18.1. The molecule has 2 aromatic carbocycles. The number of aromatic nitrogens is 1. The Balaban J connectivity index is 1.84. The van der Waals surface area contributed by atoms with Gasteiger partial charge in [-0.05, 0) is 49.9 Å². The number of nitrogens with one attached hydrogen (secondary N) is 1. The molecule has 1 aliphatic carbocycles. The van der Waals surface area contributed by atoms with Gasteiger partial charge in [0.2, 0.25) is 0 Å². The average molecular weight is 423 g/mol. The molecule has 0 radical (unpaired) electrons. The molecule has 0 spiro atoms. The lowest BCUT2D eigenvalue weighted by atomic mass is 10.0. The summed E-state index contributed by atoms with van der Waals surface area (Å²) in [5.41, 5.74) is 1.64. The molecule has 0 saturated heterocycles. The van der Waals surface area contributed by atoms with Crippen molar-refractivity contribution in [1.82, 2.24) is 4.98 Å². The van der Waals surface area contributed by atoms with Gasteiger partial charge in [-0.1, -0.05) is 47.5 Å². The van der Waals surface area contributed by atoms with Crippen LogP contribution in [0.2, 0.25) is 10.0 Å². The fraction of sp³-hybridized carbons (Fsp3) is 0.211. The molecule has 7 heteroatoms. The molecule has 1 aromatic heterocycles. The van der Waals surface area contributed by atoms with Crippen LogP contribution in [0, 0.1) is 0 Å². The summed E-state index contributed by atoms with van der Waals surface area (Å²) in [5, 5.41) is 4.70. The highest BCUT2D eigenvalue weighted by Gasteiger charge is 2.33. The molecule has 4 rings (SSSR count). The molecule has 0 saturated carbocycles. The predicted molar refractivity (Wildman–Crippen MR) is 112 cm³/mol. The number of anilines is 1. The van der Waals surface area contributed by atoms with E-state index in [2.05, 4.69) is 5.09 Å². The summed E-state index contributed by atoms with van der Waals surface area (Å²) >= 11 is 14.0. The van der Waals surface area contributed by atoms with Crippen LogP contribution in [0.25, 0.3) is 0 Å². The third kappa shape index (κ3) is 3.32. The zero-order valence-corrected chi connectivity index (χ0v) is 17.1. The summed E-state index contributed by atoms with van der Waals surface area (Å²) in [4.78, 5) is 6.02. The highest BCUT2D eigenvalue weighted by molar-refractivity contribution is 7.84. The fourth-order valence-electron chi connectivity index (χ4n) is 3.09. The van der Waals surface area contributed by atoms with Crippen molar-refractivity contribution in [2.45, 2.75) is 25.7 Å². The number of hydrogen-bond acceptors (Lipinski definition) is 3. The predicted octanol–water partition coefficient (Wildman–Crippen LogP) is 5.67. The molecule has 1 atom stereocenters. The summed E-state index contributed by atoms with van der Waals surface area (Å²) in [7, 11) is -3.18. The highest BCUT2D eigenvalue weighted by Crippen LogP contribution is 2.47. The van der Waals surface area contributed by atoms with Crippen LogP contribution in [0.3, 0.4) is 0 Å². The van der Waals surface area contributed by atoms with Gasteiger partial charge >= 0.3 is 0 Å². The van der Waals surface area contributed by atoms with Crippen molar-refractivity contribution < 1.29 is 4.57 Å². The Bertz CT molecular complexity index is 967. The Morgan fingerprint density at radius 1 is 1.00 bits per heavy atom. The van der Waals surface area contributed by atoms with E-state index in [0.717, 1.165) is 31.4 Å². The van der Waals surface area contributed by atoms with Crippen molar-refractivity contribution in [1.29, 1.82) is 0 Å². The lowest BCUT2D eigenvalue weighted by molar-refractivity contribution is 0.590. The number of halogens is 2. The zero-order chi connectivity index (χ0) is 18.1. The van der Waals surface area contributed by atoms with Crippen molar-refractivity contribution >= 4 is 57.6 Å². The second-order valence-corrected chi connectivity index (χ2v) is 10.8. The number of aryl methyl sites for hydroxylation is 2. The van der Waals surface area contributed by atoms with Crippen LogP contribution in [-0.2, 0) is 17.4 Å². The Kier molecular flexibility index (Phi) is 5.11. The lowest BCUT2D eigenvalue weighted by Crippen LogP contribution is -2.22. The summed E-state index contributed by atoms with van der Waals surface area (Å²) < 4.78 is 14.8. The van der Waals surface area contributed by atoms with E-state index in [4.69, 9.17) is 28.2 Å². The van der Waals surface area contributed by atoms with Crippen LogP contribution >= 0.6 is 41.8 Å². The normalized spacial score (nSPS) is 15.9. The van der Waals surface area contributed by atoms with E-state index in [-0.39, 0.29) is 0 Å². The second-order valence-electron chi connectivity index (χ2n) is 6.23. The van der Waals surface area contributed by atoms with E-state index in [0.29, 0.717) is 25.8 Å². The molecule has 1 N–H and O–H groups in total. The SMILES string of the molecule is O=P(Nc1cccc(Cl)c1Cl)(c1ccccc1)c1nc2c(s1)CCCC2. The maximum Gasteiger partial charge on any atom is 0.254 e. The standard InChI is InChI=1S/C19H17Cl2N2OPS/c20-14-9-6-11-16(18(14)21)23-25(24,13-7-2-1-3-8-13)19-22-15-10-4-5-12-17(15)26-19/h1-3,6-9,11H,4-5,10,12H2,(H,23,24). The van der Waals surface area contributed by atoms with E-state index in [1.807, 2.05) is 30.3 Å². The van der Waals surface area contributed by atoms with Crippen molar-refractivity contribution in [3.8, 4) is 0 Å². The van der Waals surface area contributed by atoms with Crippen molar-refractivity contribution in [3.63, 3.8) is 0 Å². The highest BCUT2D eigenvalue weighted by atomic mass is 35.5. The molecule has 1 heterocycles. The fourth-order valence-corrected chi connectivity index (χ4v) is 7.52. The van der Waals surface area contributed by atoms with Crippen LogP contribution < -0.4 is 15.1 Å². The molecule has 0 amide bonds. The number of thiazole rings is 1. The number of hydrogen-bond donors (Lipinski definition) is 1. The van der Waals surface area contributed by atoms with Gasteiger partial charge in [0.25, 0.3) is 7.29 Å². The van der Waals surface area contributed by atoms with Gasteiger partial charge in [-0.3, -0.25) is 4.57 Å². The lowest BCUT2D eigenvalue weighted by Gasteiger charge is -2.20. The second kappa shape index (κ2) is 7.36. The molecular weight excluding hydrogens is 406 g/mol. The average Bonchev–Trinajstić information content (AvgIpc) is 3.11. The van der Waals surface area contributed by atoms with Crippen LogP contribution in [0.4, 0.5) is 5.69 Å². The van der Waals surface area contributed by atoms with Crippen molar-refractivity contribution in [2.75, 3.05) is 5.09 Å². The van der Waals surface area contributed by atoms with Crippen LogP contribution in [0.15, 0.2) is 48.5 Å². The molecule has 0 fully saturated rings. The topological polar surface area (TPSA) is 42.0 Å². The molecule has 0 aliphatic heterocycles. The van der Waals surface area contributed by atoms with Gasteiger partial charge in [-0.25, -0.2) is 4.98 Å². The first-order valence-corrected chi connectivity index (χ1v) is 11.7. The van der Waals surface area contributed by atoms with Gasteiger partial charge in [-0.2, -0.15) is 0 Å². The molecule has 3 aromatic rings. The Morgan fingerprint density at radius 2 is 1.77 bits per heavy atom. The maximum absolute atomic E-state index is 14.2. The van der Waals surface area contributed by atoms with Gasteiger partial charge in [-0.15, -0.1) is 11.3 Å². The van der Waals surface area contributed by atoms with E-state index < -0.39 is 7.29 Å². The van der Waals surface area contributed by atoms with Crippen molar-refractivity contribution in [2.24, 2.45) is 0 Å². The van der Waals surface area contributed by atoms with Gasteiger partial charge in [0.15, 0.2) is 4.75 Å². The van der Waals surface area contributed by atoms with Gasteiger partial charge in [0.05, 0.1) is 21.4 Å². The van der Waals surface area contributed by atoms with Crippen LogP contribution in [0.1, 0.15) is 23.4 Å². The van der Waals surface area contributed by atoms with Crippen molar-refractivity contribution in [3.05, 3.63) is 69.1 Å². The van der Waals surface area contributed by atoms with Crippen LogP contribution in [-0.4, -0.2) is 4.98 Å². The minimum Gasteiger partial charge on any atom is -0.326 e. The van der Waals surface area contributed by atoms with E-state index >= 15 is 0 Å². The number of nitrogens with zero attached hydrogens (tertiary/aromatic N) is 1. The summed E-state index contributed by atoms with van der Waals surface area (Å²) in [5.74, 6) is 0. The summed E-state index contributed by atoms with van der Waals surface area (Å²) in [6.45, 7) is 0. The largest absolute Gasteiger partial charge is 0.326 e. The summed E-state index contributed by atoms with van der Waals surface area (Å²) in [6.07, 6.45) is 4.27. The number of fused-ring (bicyclic) bond motifs is 1. The minimum atomic E-state index is -3.18. The molecular formula is C19H17Cl2N2OPS.